The van der Waals surface area contributed by atoms with Crippen LogP contribution in [0.4, 0.5) is 11.4 Å². The first-order valence-electron chi connectivity index (χ1n) is 8.18. The standard InChI is InChI=1S/C21H17BrN2O3/c1-27-19-5-3-2-4-18(19)24-21(26)15-8-12-17(13-9-15)23-20(25)14-6-10-16(22)11-7-14/h2-13H,1H3,(H,23,25)(H,24,26). The van der Waals surface area contributed by atoms with Crippen molar-refractivity contribution in [3.63, 3.8) is 0 Å². The number of carbonyl (C=O) groups is 2. The van der Waals surface area contributed by atoms with E-state index in [0.717, 1.165) is 4.47 Å². The minimum Gasteiger partial charge on any atom is -0.495 e. The molecule has 2 N–H and O–H groups in total. The lowest BCUT2D eigenvalue weighted by Gasteiger charge is -2.10. The molecule has 0 radical (unpaired) electrons. The number of methoxy groups -OCH3 is 1. The topological polar surface area (TPSA) is 67.4 Å². The maximum absolute atomic E-state index is 12.4. The molecule has 0 aliphatic rings. The molecule has 2 amide bonds. The lowest BCUT2D eigenvalue weighted by atomic mass is 10.1. The van der Waals surface area contributed by atoms with E-state index in [1.807, 2.05) is 12.1 Å². The highest BCUT2D eigenvalue weighted by Gasteiger charge is 2.10. The highest BCUT2D eigenvalue weighted by atomic mass is 79.9. The van der Waals surface area contributed by atoms with Gasteiger partial charge in [-0.2, -0.15) is 0 Å². The highest BCUT2D eigenvalue weighted by Crippen LogP contribution is 2.24. The summed E-state index contributed by atoms with van der Waals surface area (Å²) in [5, 5.41) is 5.62. The fourth-order valence-electron chi connectivity index (χ4n) is 2.45. The van der Waals surface area contributed by atoms with Crippen molar-refractivity contribution in [3.05, 3.63) is 88.4 Å². The van der Waals surface area contributed by atoms with Gasteiger partial charge in [0, 0.05) is 21.3 Å². The first kappa shape index (κ1) is 18.7. The zero-order valence-electron chi connectivity index (χ0n) is 14.5. The molecule has 0 spiro atoms. The van der Waals surface area contributed by atoms with Crippen molar-refractivity contribution in [2.24, 2.45) is 0 Å². The Kier molecular flexibility index (Phi) is 5.88. The van der Waals surface area contributed by atoms with Crippen molar-refractivity contribution in [3.8, 4) is 5.75 Å². The molecule has 6 heteroatoms. The smallest absolute Gasteiger partial charge is 0.255 e. The predicted molar refractivity (Wildman–Crippen MR) is 109 cm³/mol. The molecule has 0 saturated heterocycles. The van der Waals surface area contributed by atoms with Crippen molar-refractivity contribution in [1.82, 2.24) is 0 Å². The molecule has 27 heavy (non-hydrogen) atoms. The van der Waals surface area contributed by atoms with Gasteiger partial charge in [0.2, 0.25) is 0 Å². The molecule has 0 aromatic heterocycles. The van der Waals surface area contributed by atoms with Crippen LogP contribution in [0, 0.1) is 0 Å². The molecule has 0 saturated carbocycles. The number of rotatable bonds is 5. The largest absolute Gasteiger partial charge is 0.495 e. The fourth-order valence-corrected chi connectivity index (χ4v) is 2.72. The van der Waals surface area contributed by atoms with Crippen LogP contribution >= 0.6 is 15.9 Å². The maximum atomic E-state index is 12.4. The second-order valence-corrected chi connectivity index (χ2v) is 6.61. The van der Waals surface area contributed by atoms with Crippen LogP contribution in [0.5, 0.6) is 5.75 Å². The van der Waals surface area contributed by atoms with Gasteiger partial charge in [0.15, 0.2) is 0 Å². The van der Waals surface area contributed by atoms with Crippen molar-refractivity contribution < 1.29 is 14.3 Å². The van der Waals surface area contributed by atoms with E-state index in [9.17, 15) is 9.59 Å². The zero-order chi connectivity index (χ0) is 19.2. The molecule has 3 aromatic carbocycles. The number of benzene rings is 3. The molecule has 136 valence electrons. The van der Waals surface area contributed by atoms with Crippen LogP contribution in [-0.2, 0) is 0 Å². The molecule has 0 heterocycles. The summed E-state index contributed by atoms with van der Waals surface area (Å²) in [5.41, 5.74) is 2.23. The van der Waals surface area contributed by atoms with Gasteiger partial charge in [-0.25, -0.2) is 0 Å². The number of halogens is 1. The van der Waals surface area contributed by atoms with Gasteiger partial charge in [-0.3, -0.25) is 9.59 Å². The van der Waals surface area contributed by atoms with Gasteiger partial charge >= 0.3 is 0 Å². The fraction of sp³-hybridized carbons (Fsp3) is 0.0476. The third-order valence-electron chi connectivity index (χ3n) is 3.87. The normalized spacial score (nSPS) is 10.1. The average Bonchev–Trinajstić information content (AvgIpc) is 2.69. The summed E-state index contributed by atoms with van der Waals surface area (Å²) in [7, 11) is 1.55. The summed E-state index contributed by atoms with van der Waals surface area (Å²) in [5.74, 6) is 0.114. The van der Waals surface area contributed by atoms with E-state index in [2.05, 4.69) is 26.6 Å². The lowest BCUT2D eigenvalue weighted by Crippen LogP contribution is -2.14. The van der Waals surface area contributed by atoms with Crippen LogP contribution in [0.1, 0.15) is 20.7 Å². The van der Waals surface area contributed by atoms with E-state index < -0.39 is 0 Å². The van der Waals surface area contributed by atoms with Crippen LogP contribution in [-0.4, -0.2) is 18.9 Å². The molecule has 0 atom stereocenters. The summed E-state index contributed by atoms with van der Waals surface area (Å²) in [6.07, 6.45) is 0. The Balaban J connectivity index is 1.66. The number of nitrogens with one attached hydrogen (secondary N) is 2. The van der Waals surface area contributed by atoms with Gasteiger partial charge in [0.25, 0.3) is 11.8 Å². The van der Waals surface area contributed by atoms with Crippen LogP contribution < -0.4 is 15.4 Å². The van der Waals surface area contributed by atoms with E-state index >= 15 is 0 Å². The SMILES string of the molecule is COc1ccccc1NC(=O)c1ccc(NC(=O)c2ccc(Br)cc2)cc1. The van der Waals surface area contributed by atoms with E-state index in [1.54, 1.807) is 67.8 Å². The Hall–Kier alpha value is -3.12. The maximum Gasteiger partial charge on any atom is 0.255 e. The third kappa shape index (κ3) is 4.74. The summed E-state index contributed by atoms with van der Waals surface area (Å²) in [6.45, 7) is 0. The Bertz CT molecular complexity index is 954. The summed E-state index contributed by atoms with van der Waals surface area (Å²) >= 11 is 3.34. The van der Waals surface area contributed by atoms with Crippen molar-refractivity contribution in [2.75, 3.05) is 17.7 Å². The molecule has 0 unspecified atom stereocenters. The molecule has 3 aromatic rings. The Morgan fingerprint density at radius 1 is 0.778 bits per heavy atom. The van der Waals surface area contributed by atoms with E-state index in [4.69, 9.17) is 4.74 Å². The summed E-state index contributed by atoms with van der Waals surface area (Å²) in [4.78, 5) is 24.6. The van der Waals surface area contributed by atoms with Crippen LogP contribution in [0.15, 0.2) is 77.3 Å². The number of carbonyl (C=O) groups excluding carboxylic acids is 2. The first-order chi connectivity index (χ1) is 13.1. The van der Waals surface area contributed by atoms with E-state index in [1.165, 1.54) is 0 Å². The lowest BCUT2D eigenvalue weighted by molar-refractivity contribution is 0.101. The minimum atomic E-state index is -0.259. The van der Waals surface area contributed by atoms with Crippen LogP contribution in [0.3, 0.4) is 0 Å². The number of ether oxygens (including phenoxy) is 1. The highest BCUT2D eigenvalue weighted by molar-refractivity contribution is 9.10. The van der Waals surface area contributed by atoms with E-state index in [0.29, 0.717) is 28.3 Å². The molecule has 5 nitrogen and oxygen atoms in total. The summed E-state index contributed by atoms with van der Waals surface area (Å²) < 4.78 is 6.14. The van der Waals surface area contributed by atoms with Gasteiger partial charge in [-0.1, -0.05) is 28.1 Å². The van der Waals surface area contributed by atoms with Gasteiger partial charge in [0.05, 0.1) is 12.8 Å². The van der Waals surface area contributed by atoms with Gasteiger partial charge in [0.1, 0.15) is 5.75 Å². The molecular weight excluding hydrogens is 408 g/mol. The van der Waals surface area contributed by atoms with Crippen LogP contribution in [0.25, 0.3) is 0 Å². The Morgan fingerprint density at radius 2 is 1.33 bits per heavy atom. The second kappa shape index (κ2) is 8.51. The average molecular weight is 425 g/mol. The third-order valence-corrected chi connectivity index (χ3v) is 4.40. The number of hydrogen-bond acceptors (Lipinski definition) is 3. The van der Waals surface area contributed by atoms with Gasteiger partial charge in [-0.05, 0) is 60.7 Å². The monoisotopic (exact) mass is 424 g/mol. The molecule has 0 aliphatic heterocycles. The first-order valence-corrected chi connectivity index (χ1v) is 8.97. The van der Waals surface area contributed by atoms with Crippen molar-refractivity contribution >= 4 is 39.1 Å². The molecule has 0 bridgehead atoms. The van der Waals surface area contributed by atoms with Crippen LogP contribution in [0.2, 0.25) is 0 Å². The number of hydrogen-bond donors (Lipinski definition) is 2. The predicted octanol–water partition coefficient (Wildman–Crippen LogP) is 4.96. The second-order valence-electron chi connectivity index (χ2n) is 5.69. The van der Waals surface area contributed by atoms with Gasteiger partial charge in [-0.15, -0.1) is 0 Å². The molecular formula is C21H17BrN2O3. The Morgan fingerprint density at radius 3 is 1.96 bits per heavy atom. The number of amides is 2. The minimum absolute atomic E-state index is 0.214. The van der Waals surface area contributed by atoms with E-state index in [-0.39, 0.29) is 11.8 Å². The number of para-hydroxylation sites is 2. The molecule has 0 fully saturated rings. The van der Waals surface area contributed by atoms with Crippen molar-refractivity contribution in [1.29, 1.82) is 0 Å². The molecule has 3 rings (SSSR count). The number of anilines is 2. The molecule has 0 aliphatic carbocycles. The zero-order valence-corrected chi connectivity index (χ0v) is 16.1. The Labute approximate surface area is 165 Å². The van der Waals surface area contributed by atoms with Gasteiger partial charge < -0.3 is 15.4 Å². The quantitative estimate of drug-likeness (QED) is 0.607. The van der Waals surface area contributed by atoms with Crippen molar-refractivity contribution in [2.45, 2.75) is 0 Å². The summed E-state index contributed by atoms with van der Waals surface area (Å²) in [6, 6.07) is 20.9.